The largest absolute Gasteiger partial charge is 0.493 e. The van der Waals surface area contributed by atoms with Crippen molar-refractivity contribution in [2.24, 2.45) is 0 Å². The monoisotopic (exact) mass is 280 g/mol. The van der Waals surface area contributed by atoms with Crippen LogP contribution in [0.15, 0.2) is 24.3 Å². The number of benzene rings is 1. The van der Waals surface area contributed by atoms with Gasteiger partial charge in [-0.1, -0.05) is 19.1 Å². The number of methoxy groups -OCH3 is 1. The highest BCUT2D eigenvalue weighted by atomic mass is 16.5. The number of carbonyl (C=O) groups is 2. The normalized spacial score (nSPS) is 9.70. The minimum Gasteiger partial charge on any atom is -0.493 e. The van der Waals surface area contributed by atoms with Crippen LogP contribution < -0.4 is 20.1 Å². The third-order valence-electron chi connectivity index (χ3n) is 2.52. The van der Waals surface area contributed by atoms with Crippen LogP contribution in [0, 0.1) is 0 Å². The molecule has 1 aromatic carbocycles. The number of ether oxygens (including phenoxy) is 2. The van der Waals surface area contributed by atoms with E-state index < -0.39 is 0 Å². The molecular formula is C14H20N2O4. The molecule has 0 bridgehead atoms. The van der Waals surface area contributed by atoms with Gasteiger partial charge in [0.05, 0.1) is 7.11 Å². The summed E-state index contributed by atoms with van der Waals surface area (Å²) < 4.78 is 10.5. The Bertz CT molecular complexity index is 449. The second kappa shape index (κ2) is 8.79. The fourth-order valence-electron chi connectivity index (χ4n) is 1.46. The fourth-order valence-corrected chi connectivity index (χ4v) is 1.46. The van der Waals surface area contributed by atoms with Gasteiger partial charge in [-0.15, -0.1) is 0 Å². The van der Waals surface area contributed by atoms with Gasteiger partial charge in [-0.05, 0) is 12.1 Å². The highest BCUT2D eigenvalue weighted by Crippen LogP contribution is 2.25. The summed E-state index contributed by atoms with van der Waals surface area (Å²) in [5.41, 5.74) is 0. The number of para-hydroxylation sites is 2. The van der Waals surface area contributed by atoms with Crippen LogP contribution in [-0.2, 0) is 9.59 Å². The molecule has 0 aliphatic carbocycles. The zero-order valence-electron chi connectivity index (χ0n) is 11.8. The Balaban J connectivity index is 2.24. The number of amides is 2. The van der Waals surface area contributed by atoms with Crippen molar-refractivity contribution in [3.8, 4) is 11.5 Å². The Morgan fingerprint density at radius 2 is 1.65 bits per heavy atom. The first-order valence-corrected chi connectivity index (χ1v) is 6.46. The molecule has 0 aromatic heterocycles. The Kier molecular flexibility index (Phi) is 6.95. The molecule has 0 saturated carbocycles. The standard InChI is InChI=1S/C14H20N2O4/c1-3-13(17)15-8-9-16-14(18)10-20-12-7-5-4-6-11(12)19-2/h4-7H,3,8-10H2,1-2H3,(H,15,17)(H,16,18). The number of carbonyl (C=O) groups excluding carboxylic acids is 2. The average Bonchev–Trinajstić information content (AvgIpc) is 2.49. The van der Waals surface area contributed by atoms with Crippen molar-refractivity contribution in [1.82, 2.24) is 10.6 Å². The summed E-state index contributed by atoms with van der Waals surface area (Å²) in [6, 6.07) is 7.11. The highest BCUT2D eigenvalue weighted by Gasteiger charge is 2.06. The van der Waals surface area contributed by atoms with Gasteiger partial charge in [0, 0.05) is 19.5 Å². The molecule has 2 N–H and O–H groups in total. The molecule has 0 heterocycles. The van der Waals surface area contributed by atoms with E-state index in [4.69, 9.17) is 9.47 Å². The minimum absolute atomic E-state index is 0.0375. The molecule has 110 valence electrons. The smallest absolute Gasteiger partial charge is 0.258 e. The average molecular weight is 280 g/mol. The van der Waals surface area contributed by atoms with E-state index in [1.165, 1.54) is 0 Å². The Morgan fingerprint density at radius 1 is 1.05 bits per heavy atom. The van der Waals surface area contributed by atoms with Gasteiger partial charge in [-0.2, -0.15) is 0 Å². The SMILES string of the molecule is CCC(=O)NCCNC(=O)COc1ccccc1OC. The number of hydrogen-bond acceptors (Lipinski definition) is 4. The van der Waals surface area contributed by atoms with Gasteiger partial charge in [0.25, 0.3) is 5.91 Å². The van der Waals surface area contributed by atoms with Crippen LogP contribution in [0.3, 0.4) is 0 Å². The maximum absolute atomic E-state index is 11.5. The predicted molar refractivity (Wildman–Crippen MR) is 74.8 cm³/mol. The fraction of sp³-hybridized carbons (Fsp3) is 0.429. The lowest BCUT2D eigenvalue weighted by Gasteiger charge is -2.10. The molecular weight excluding hydrogens is 260 g/mol. The van der Waals surface area contributed by atoms with E-state index in [0.29, 0.717) is 31.0 Å². The Morgan fingerprint density at radius 3 is 2.25 bits per heavy atom. The van der Waals surface area contributed by atoms with Crippen molar-refractivity contribution < 1.29 is 19.1 Å². The van der Waals surface area contributed by atoms with Gasteiger partial charge >= 0.3 is 0 Å². The van der Waals surface area contributed by atoms with Crippen LogP contribution in [0.1, 0.15) is 13.3 Å². The third kappa shape index (κ3) is 5.60. The summed E-state index contributed by atoms with van der Waals surface area (Å²) >= 11 is 0. The summed E-state index contributed by atoms with van der Waals surface area (Å²) in [6.45, 7) is 2.46. The highest BCUT2D eigenvalue weighted by molar-refractivity contribution is 5.78. The molecule has 0 atom stereocenters. The lowest BCUT2D eigenvalue weighted by molar-refractivity contribution is -0.124. The Labute approximate surface area is 118 Å². The van der Waals surface area contributed by atoms with E-state index in [0.717, 1.165) is 0 Å². The predicted octanol–water partition coefficient (Wildman–Crippen LogP) is 0.716. The molecule has 6 nitrogen and oxygen atoms in total. The first kappa shape index (κ1) is 15.8. The van der Waals surface area contributed by atoms with Crippen molar-refractivity contribution in [1.29, 1.82) is 0 Å². The van der Waals surface area contributed by atoms with E-state index in [1.807, 2.05) is 6.07 Å². The topological polar surface area (TPSA) is 76.7 Å². The number of rotatable bonds is 8. The maximum Gasteiger partial charge on any atom is 0.258 e. The van der Waals surface area contributed by atoms with Crippen LogP contribution in [0.25, 0.3) is 0 Å². The maximum atomic E-state index is 11.5. The third-order valence-corrected chi connectivity index (χ3v) is 2.52. The van der Waals surface area contributed by atoms with E-state index in [-0.39, 0.29) is 18.4 Å². The first-order valence-electron chi connectivity index (χ1n) is 6.46. The second-order valence-electron chi connectivity index (χ2n) is 3.99. The first-order chi connectivity index (χ1) is 9.67. The zero-order chi connectivity index (χ0) is 14.8. The minimum atomic E-state index is -0.248. The molecule has 6 heteroatoms. The molecule has 0 aliphatic rings. The molecule has 0 aliphatic heterocycles. The molecule has 1 aromatic rings. The van der Waals surface area contributed by atoms with Gasteiger partial charge in [0.1, 0.15) is 0 Å². The van der Waals surface area contributed by atoms with Gasteiger partial charge in [0.2, 0.25) is 5.91 Å². The summed E-state index contributed by atoms with van der Waals surface area (Å²) in [5, 5.41) is 5.32. The van der Waals surface area contributed by atoms with Crippen molar-refractivity contribution in [3.63, 3.8) is 0 Å². The molecule has 2 amide bonds. The molecule has 0 radical (unpaired) electrons. The molecule has 20 heavy (non-hydrogen) atoms. The number of nitrogens with one attached hydrogen (secondary N) is 2. The molecule has 0 unspecified atom stereocenters. The molecule has 0 saturated heterocycles. The van der Waals surface area contributed by atoms with Crippen LogP contribution in [0.5, 0.6) is 11.5 Å². The van der Waals surface area contributed by atoms with Crippen molar-refractivity contribution in [2.75, 3.05) is 26.8 Å². The molecule has 0 fully saturated rings. The van der Waals surface area contributed by atoms with Gasteiger partial charge in [0.15, 0.2) is 18.1 Å². The van der Waals surface area contributed by atoms with E-state index in [1.54, 1.807) is 32.2 Å². The quantitative estimate of drug-likeness (QED) is 0.688. The van der Waals surface area contributed by atoms with E-state index in [9.17, 15) is 9.59 Å². The van der Waals surface area contributed by atoms with E-state index >= 15 is 0 Å². The van der Waals surface area contributed by atoms with Crippen LogP contribution >= 0.6 is 0 Å². The lowest BCUT2D eigenvalue weighted by atomic mass is 10.3. The van der Waals surface area contributed by atoms with Crippen LogP contribution in [0.4, 0.5) is 0 Å². The van der Waals surface area contributed by atoms with Crippen molar-refractivity contribution in [3.05, 3.63) is 24.3 Å². The summed E-state index contributed by atoms with van der Waals surface area (Å²) in [7, 11) is 1.54. The second-order valence-corrected chi connectivity index (χ2v) is 3.99. The number of hydrogen-bond donors (Lipinski definition) is 2. The van der Waals surface area contributed by atoms with Gasteiger partial charge in [-0.3, -0.25) is 9.59 Å². The summed E-state index contributed by atoms with van der Waals surface area (Å²) in [5.74, 6) is 0.811. The van der Waals surface area contributed by atoms with Crippen LogP contribution in [0.2, 0.25) is 0 Å². The van der Waals surface area contributed by atoms with E-state index in [2.05, 4.69) is 10.6 Å². The summed E-state index contributed by atoms with van der Waals surface area (Å²) in [6.07, 6.45) is 0.435. The van der Waals surface area contributed by atoms with Gasteiger partial charge in [-0.25, -0.2) is 0 Å². The Hall–Kier alpha value is -2.24. The van der Waals surface area contributed by atoms with Crippen molar-refractivity contribution >= 4 is 11.8 Å². The lowest BCUT2D eigenvalue weighted by Crippen LogP contribution is -2.36. The van der Waals surface area contributed by atoms with Crippen molar-refractivity contribution in [2.45, 2.75) is 13.3 Å². The van der Waals surface area contributed by atoms with Crippen LogP contribution in [-0.4, -0.2) is 38.6 Å². The van der Waals surface area contributed by atoms with Gasteiger partial charge < -0.3 is 20.1 Å². The summed E-state index contributed by atoms with van der Waals surface area (Å²) in [4.78, 5) is 22.5. The zero-order valence-corrected chi connectivity index (χ0v) is 11.8. The molecule has 0 spiro atoms. The molecule has 1 rings (SSSR count).